The normalized spacial score (nSPS) is 11.0. The van der Waals surface area contributed by atoms with Crippen LogP contribution in [0.1, 0.15) is 45.0 Å². The second-order valence-electron chi connectivity index (χ2n) is 7.31. The zero-order valence-electron chi connectivity index (χ0n) is 17.1. The number of carbonyl (C=O) groups excluding carboxylic acids is 1. The van der Waals surface area contributed by atoms with Crippen LogP contribution in [0.2, 0.25) is 0 Å². The molecule has 2 aromatic carbocycles. The summed E-state index contributed by atoms with van der Waals surface area (Å²) < 4.78 is 11.0. The van der Waals surface area contributed by atoms with Crippen LogP contribution in [0.5, 0.6) is 5.75 Å². The first kappa shape index (κ1) is 20.4. The third-order valence-electron chi connectivity index (χ3n) is 4.07. The van der Waals surface area contributed by atoms with Gasteiger partial charge in [-0.15, -0.1) is 0 Å². The summed E-state index contributed by atoms with van der Waals surface area (Å²) in [6, 6.07) is 14.7. The SMILES string of the molecule is CC(C)Oc1cccc(CNC(=O)Nc2ccc(-c3nc(C(C)C)no3)cc2)c1. The molecule has 0 radical (unpaired) electrons. The van der Waals surface area contributed by atoms with Crippen molar-refractivity contribution in [1.29, 1.82) is 0 Å². The molecule has 1 heterocycles. The predicted molar refractivity (Wildman–Crippen MR) is 112 cm³/mol. The lowest BCUT2D eigenvalue weighted by molar-refractivity contribution is 0.242. The van der Waals surface area contributed by atoms with E-state index in [0.29, 0.717) is 23.9 Å². The van der Waals surface area contributed by atoms with Gasteiger partial charge in [-0.3, -0.25) is 0 Å². The topological polar surface area (TPSA) is 89.3 Å². The van der Waals surface area contributed by atoms with Gasteiger partial charge in [0.2, 0.25) is 0 Å². The van der Waals surface area contributed by atoms with Gasteiger partial charge >= 0.3 is 6.03 Å². The van der Waals surface area contributed by atoms with Crippen LogP contribution >= 0.6 is 0 Å². The van der Waals surface area contributed by atoms with Crippen molar-refractivity contribution >= 4 is 11.7 Å². The Morgan fingerprint density at radius 3 is 2.52 bits per heavy atom. The van der Waals surface area contributed by atoms with E-state index in [1.165, 1.54) is 0 Å². The lowest BCUT2D eigenvalue weighted by atomic mass is 10.2. The van der Waals surface area contributed by atoms with E-state index >= 15 is 0 Å². The number of hydrogen-bond acceptors (Lipinski definition) is 5. The second-order valence-corrected chi connectivity index (χ2v) is 7.31. The Kier molecular flexibility index (Phi) is 6.49. The monoisotopic (exact) mass is 394 g/mol. The third kappa shape index (κ3) is 5.81. The van der Waals surface area contributed by atoms with Crippen LogP contribution in [0, 0.1) is 0 Å². The van der Waals surface area contributed by atoms with E-state index in [9.17, 15) is 4.79 Å². The molecular weight excluding hydrogens is 368 g/mol. The van der Waals surface area contributed by atoms with Gasteiger partial charge in [-0.05, 0) is 55.8 Å². The average Bonchev–Trinajstić information content (AvgIpc) is 3.17. The number of amides is 2. The molecule has 152 valence electrons. The number of benzene rings is 2. The summed E-state index contributed by atoms with van der Waals surface area (Å²) in [4.78, 5) is 16.6. The molecular formula is C22H26N4O3. The molecule has 2 N–H and O–H groups in total. The van der Waals surface area contributed by atoms with Crippen molar-refractivity contribution < 1.29 is 14.1 Å². The second kappa shape index (κ2) is 9.23. The summed E-state index contributed by atoms with van der Waals surface area (Å²) in [6.07, 6.45) is 0.105. The first-order valence-electron chi connectivity index (χ1n) is 9.65. The lowest BCUT2D eigenvalue weighted by Gasteiger charge is -2.12. The smallest absolute Gasteiger partial charge is 0.319 e. The molecule has 0 saturated heterocycles. The fourth-order valence-corrected chi connectivity index (χ4v) is 2.64. The van der Waals surface area contributed by atoms with Gasteiger partial charge in [0.1, 0.15) is 5.75 Å². The van der Waals surface area contributed by atoms with E-state index in [-0.39, 0.29) is 18.1 Å². The molecule has 0 spiro atoms. The molecule has 0 atom stereocenters. The van der Waals surface area contributed by atoms with Crippen LogP contribution in [-0.2, 0) is 6.54 Å². The molecule has 0 aliphatic heterocycles. The van der Waals surface area contributed by atoms with Crippen LogP contribution < -0.4 is 15.4 Å². The molecule has 0 fully saturated rings. The van der Waals surface area contributed by atoms with Crippen molar-refractivity contribution in [2.75, 3.05) is 5.32 Å². The summed E-state index contributed by atoms with van der Waals surface area (Å²) in [5, 5.41) is 9.62. The highest BCUT2D eigenvalue weighted by Gasteiger charge is 2.11. The lowest BCUT2D eigenvalue weighted by Crippen LogP contribution is -2.28. The molecule has 0 aliphatic carbocycles. The maximum absolute atomic E-state index is 12.2. The minimum absolute atomic E-state index is 0.105. The highest BCUT2D eigenvalue weighted by molar-refractivity contribution is 5.89. The largest absolute Gasteiger partial charge is 0.491 e. The van der Waals surface area contributed by atoms with E-state index < -0.39 is 0 Å². The summed E-state index contributed by atoms with van der Waals surface area (Å²) >= 11 is 0. The van der Waals surface area contributed by atoms with Gasteiger partial charge in [-0.25, -0.2) is 4.79 Å². The Bertz CT molecular complexity index is 949. The molecule has 2 amide bonds. The van der Waals surface area contributed by atoms with Gasteiger partial charge in [0.15, 0.2) is 5.82 Å². The maximum atomic E-state index is 12.2. The number of aromatic nitrogens is 2. The van der Waals surface area contributed by atoms with Crippen molar-refractivity contribution in [1.82, 2.24) is 15.5 Å². The Labute approximate surface area is 170 Å². The minimum atomic E-state index is -0.284. The van der Waals surface area contributed by atoms with Crippen LogP contribution in [0.4, 0.5) is 10.5 Å². The van der Waals surface area contributed by atoms with Crippen molar-refractivity contribution in [2.45, 2.75) is 46.3 Å². The molecule has 3 rings (SSSR count). The van der Waals surface area contributed by atoms with E-state index in [1.54, 1.807) is 12.1 Å². The molecule has 1 aromatic heterocycles. The number of nitrogens with one attached hydrogen (secondary N) is 2. The average molecular weight is 394 g/mol. The first-order valence-corrected chi connectivity index (χ1v) is 9.65. The minimum Gasteiger partial charge on any atom is -0.491 e. The van der Waals surface area contributed by atoms with Crippen molar-refractivity contribution in [2.24, 2.45) is 0 Å². The van der Waals surface area contributed by atoms with E-state index in [2.05, 4.69) is 20.8 Å². The number of nitrogens with zero attached hydrogens (tertiary/aromatic N) is 2. The van der Waals surface area contributed by atoms with Crippen molar-refractivity contribution in [3.05, 3.63) is 59.9 Å². The number of hydrogen-bond donors (Lipinski definition) is 2. The molecule has 3 aromatic rings. The van der Waals surface area contributed by atoms with Gasteiger partial charge in [0.25, 0.3) is 5.89 Å². The number of ether oxygens (including phenoxy) is 1. The fourth-order valence-electron chi connectivity index (χ4n) is 2.64. The van der Waals surface area contributed by atoms with Gasteiger partial charge in [0.05, 0.1) is 6.10 Å². The zero-order valence-corrected chi connectivity index (χ0v) is 17.1. The van der Waals surface area contributed by atoms with Gasteiger partial charge < -0.3 is 19.9 Å². The van der Waals surface area contributed by atoms with E-state index in [4.69, 9.17) is 9.26 Å². The van der Waals surface area contributed by atoms with Gasteiger partial charge in [-0.1, -0.05) is 31.1 Å². The molecule has 7 nitrogen and oxygen atoms in total. The predicted octanol–water partition coefficient (Wildman–Crippen LogP) is 4.97. The summed E-state index contributed by atoms with van der Waals surface area (Å²) in [7, 11) is 0. The first-order chi connectivity index (χ1) is 13.9. The number of urea groups is 1. The summed E-state index contributed by atoms with van der Waals surface area (Å²) in [5.41, 5.74) is 2.44. The molecule has 7 heteroatoms. The molecule has 0 unspecified atom stereocenters. The maximum Gasteiger partial charge on any atom is 0.319 e. The van der Waals surface area contributed by atoms with E-state index in [0.717, 1.165) is 16.9 Å². The van der Waals surface area contributed by atoms with Crippen LogP contribution in [-0.4, -0.2) is 22.3 Å². The standard InChI is InChI=1S/C22H26N4O3/c1-14(2)20-25-21(29-26-20)17-8-10-18(11-9-17)24-22(27)23-13-16-6-5-7-19(12-16)28-15(3)4/h5-12,14-15H,13H2,1-4H3,(H2,23,24,27). The Balaban J connectivity index is 1.54. The van der Waals surface area contributed by atoms with Gasteiger partial charge in [-0.2, -0.15) is 4.98 Å². The zero-order chi connectivity index (χ0) is 20.8. The van der Waals surface area contributed by atoms with Gasteiger partial charge in [0, 0.05) is 23.7 Å². The third-order valence-corrected chi connectivity index (χ3v) is 4.07. The van der Waals surface area contributed by atoms with Crippen LogP contribution in [0.25, 0.3) is 11.5 Å². The summed E-state index contributed by atoms with van der Waals surface area (Å²) in [6.45, 7) is 8.37. The highest BCUT2D eigenvalue weighted by atomic mass is 16.5. The number of carbonyl (C=O) groups is 1. The van der Waals surface area contributed by atoms with E-state index in [1.807, 2.05) is 64.1 Å². The molecule has 0 aliphatic rings. The summed E-state index contributed by atoms with van der Waals surface area (Å²) in [5.74, 6) is 2.13. The number of rotatable bonds is 7. The quantitative estimate of drug-likeness (QED) is 0.591. The Hall–Kier alpha value is -3.35. The van der Waals surface area contributed by atoms with Crippen molar-refractivity contribution in [3.63, 3.8) is 0 Å². The highest BCUT2D eigenvalue weighted by Crippen LogP contribution is 2.22. The van der Waals surface area contributed by atoms with Crippen LogP contribution in [0.3, 0.4) is 0 Å². The van der Waals surface area contributed by atoms with Crippen molar-refractivity contribution in [3.8, 4) is 17.2 Å². The number of anilines is 1. The molecule has 0 saturated carbocycles. The van der Waals surface area contributed by atoms with Crippen LogP contribution in [0.15, 0.2) is 53.1 Å². The molecule has 29 heavy (non-hydrogen) atoms. The Morgan fingerprint density at radius 2 is 1.86 bits per heavy atom. The fraction of sp³-hybridized carbons (Fsp3) is 0.318. The Morgan fingerprint density at radius 1 is 1.10 bits per heavy atom. The molecule has 0 bridgehead atoms.